The summed E-state index contributed by atoms with van der Waals surface area (Å²) in [4.78, 5) is 5.18. The molecule has 10 aromatic carbocycles. The second-order valence-corrected chi connectivity index (χ2v) is 18.7. The van der Waals surface area contributed by atoms with Crippen LogP contribution in [0.2, 0.25) is 0 Å². The molecule has 0 unspecified atom stereocenters. The van der Waals surface area contributed by atoms with Gasteiger partial charge in [-0.2, -0.15) is 58.7 Å². The zero-order valence-corrected chi connectivity index (χ0v) is 44.0. The van der Waals surface area contributed by atoms with Gasteiger partial charge in [0.1, 0.15) is 0 Å². The molecule has 13 aromatic rings. The van der Waals surface area contributed by atoms with E-state index in [1.165, 1.54) is 11.1 Å². The van der Waals surface area contributed by atoms with Gasteiger partial charge in [-0.15, -0.1) is 48.0 Å². The van der Waals surface area contributed by atoms with Gasteiger partial charge in [0.05, 0.1) is 12.4 Å². The molecule has 0 spiro atoms. The van der Waals surface area contributed by atoms with E-state index >= 15 is 0 Å². The van der Waals surface area contributed by atoms with Crippen molar-refractivity contribution in [2.45, 2.75) is 0 Å². The zero-order valence-electron chi connectivity index (χ0n) is 41.6. The van der Waals surface area contributed by atoms with Crippen LogP contribution in [0.4, 0.5) is 0 Å². The van der Waals surface area contributed by atoms with Crippen LogP contribution in [0, 0.1) is 18.2 Å². The average molecular weight is 1160 g/mol. The third-order valence-corrected chi connectivity index (χ3v) is 14.0. The minimum Gasteiger partial charge on any atom is -0.304 e. The molecule has 6 heteroatoms. The number of nitrogens with zero attached hydrogens (tertiary/aromatic N) is 5. The van der Waals surface area contributed by atoms with Gasteiger partial charge in [-0.05, 0) is 125 Å². The number of benzene rings is 10. The molecular weight excluding hydrogens is 1120 g/mol. The van der Waals surface area contributed by atoms with Crippen molar-refractivity contribution in [3.05, 3.63) is 298 Å². The second-order valence-electron chi connectivity index (χ2n) is 18.7. The fourth-order valence-corrected chi connectivity index (χ4v) is 10.2. The first-order chi connectivity index (χ1) is 37.7. The van der Waals surface area contributed by atoms with Gasteiger partial charge >= 0.3 is 20.1 Å². The van der Waals surface area contributed by atoms with Gasteiger partial charge in [0.15, 0.2) is 0 Å². The van der Waals surface area contributed by atoms with Crippen molar-refractivity contribution < 1.29 is 20.1 Å². The number of hydrogen-bond donors (Lipinski definition) is 0. The molecule has 0 saturated carbocycles. The molecule has 77 heavy (non-hydrogen) atoms. The normalized spacial score (nSPS) is 11.0. The first kappa shape index (κ1) is 48.4. The summed E-state index contributed by atoms with van der Waals surface area (Å²) < 4.78 is 3.77. The van der Waals surface area contributed by atoms with E-state index in [1.807, 2.05) is 94.7 Å². The predicted octanol–water partition coefficient (Wildman–Crippen LogP) is 17.5. The molecular formula is C71H46IrN5. The van der Waals surface area contributed by atoms with Gasteiger partial charge in [-0.1, -0.05) is 152 Å². The van der Waals surface area contributed by atoms with E-state index in [0.29, 0.717) is 0 Å². The molecule has 0 bridgehead atoms. The van der Waals surface area contributed by atoms with Crippen LogP contribution in [0.25, 0.3) is 123 Å². The monoisotopic (exact) mass is 1160 g/mol. The van der Waals surface area contributed by atoms with E-state index in [2.05, 4.69) is 213 Å². The standard InChI is InChI=1S/C71H46N5.Ir/c1-5-20-50(21-6-1)51-36-38-52(39-37-51)54-24-19-25-55(40-54)69-44-71(53-22-7-2-8-23-53)72-47-70(69)68-35-18-17-32-65(68)58-42-56(63-30-13-15-33-66(63)59-45-73-75(48-59)61-26-9-3-10-27-61)41-57(43-58)64-31-14-16-34-67(64)60-46-74-76(49-60)62-28-11-4-12-29-62;/h1-22,24-26,28,30-49H;/q-3;+3. The molecule has 3 heterocycles. The van der Waals surface area contributed by atoms with Crippen LogP contribution < -0.4 is 0 Å². The number of pyridine rings is 1. The van der Waals surface area contributed by atoms with Crippen LogP contribution in [-0.4, -0.2) is 24.5 Å². The summed E-state index contributed by atoms with van der Waals surface area (Å²) in [5, 5.41) is 9.61. The van der Waals surface area contributed by atoms with Crippen LogP contribution >= 0.6 is 0 Å². The molecule has 0 fully saturated rings. The molecule has 0 saturated heterocycles. The van der Waals surface area contributed by atoms with Crippen molar-refractivity contribution in [1.82, 2.24) is 24.5 Å². The van der Waals surface area contributed by atoms with Crippen LogP contribution in [0.1, 0.15) is 0 Å². The van der Waals surface area contributed by atoms with Crippen LogP contribution in [0.5, 0.6) is 0 Å². The molecule has 3 aromatic heterocycles. The van der Waals surface area contributed by atoms with Crippen LogP contribution in [0.3, 0.4) is 0 Å². The Morgan fingerprint density at radius 2 is 0.688 bits per heavy atom. The summed E-state index contributed by atoms with van der Waals surface area (Å²) in [7, 11) is 0. The van der Waals surface area contributed by atoms with E-state index in [-0.39, 0.29) is 20.1 Å². The molecule has 0 aliphatic carbocycles. The molecule has 5 nitrogen and oxygen atoms in total. The molecule has 364 valence electrons. The SMILES string of the molecule is [Ir+3].[c-]1ccccc1-c1cc(-c2cccc(-c3ccc(-c4ccccc4)cc3)c2)c(-c2ccccc2-c2cc(-c3ccccc3-c3cnn(-c4[c-]cccc4)c3)cc(-c3ccccc3-c3cnn(-c4[c-]cccc4)c3)c2)cn1. The van der Waals surface area contributed by atoms with Gasteiger partial charge in [0, 0.05) is 35.3 Å². The molecule has 0 amide bonds. The van der Waals surface area contributed by atoms with Gasteiger partial charge in [0.2, 0.25) is 0 Å². The number of aromatic nitrogens is 5. The summed E-state index contributed by atoms with van der Waals surface area (Å²) in [6.45, 7) is 0. The third kappa shape index (κ3) is 9.95. The first-order valence-electron chi connectivity index (χ1n) is 25.4. The summed E-state index contributed by atoms with van der Waals surface area (Å²) in [5.41, 5.74) is 23.1. The number of hydrogen-bond acceptors (Lipinski definition) is 3. The Kier molecular flexibility index (Phi) is 13.6. The van der Waals surface area contributed by atoms with Crippen molar-refractivity contribution in [2.24, 2.45) is 0 Å². The minimum atomic E-state index is 0. The smallest absolute Gasteiger partial charge is 0.304 e. The Morgan fingerprint density at radius 3 is 1.21 bits per heavy atom. The average Bonchev–Trinajstić information content (AvgIpc) is 4.23. The summed E-state index contributed by atoms with van der Waals surface area (Å²) in [6.07, 6.45) is 10.1. The van der Waals surface area contributed by atoms with Crippen molar-refractivity contribution in [3.8, 4) is 123 Å². The maximum Gasteiger partial charge on any atom is 3.00 e. The van der Waals surface area contributed by atoms with E-state index in [9.17, 15) is 0 Å². The summed E-state index contributed by atoms with van der Waals surface area (Å²) >= 11 is 0. The molecule has 0 aliphatic rings. The fourth-order valence-electron chi connectivity index (χ4n) is 10.2. The fraction of sp³-hybridized carbons (Fsp3) is 0. The maximum atomic E-state index is 5.18. The van der Waals surface area contributed by atoms with E-state index < -0.39 is 0 Å². The van der Waals surface area contributed by atoms with Gasteiger partial charge in [0.25, 0.3) is 0 Å². The van der Waals surface area contributed by atoms with E-state index in [0.717, 1.165) is 112 Å². The van der Waals surface area contributed by atoms with Gasteiger partial charge in [-0.25, -0.2) is 0 Å². The number of para-hydroxylation sites is 2. The second kappa shape index (κ2) is 21.7. The van der Waals surface area contributed by atoms with Crippen molar-refractivity contribution >= 4 is 0 Å². The topological polar surface area (TPSA) is 48.5 Å². The molecule has 0 atom stereocenters. The first-order valence-corrected chi connectivity index (χ1v) is 25.4. The van der Waals surface area contributed by atoms with Gasteiger partial charge < -0.3 is 4.98 Å². The zero-order chi connectivity index (χ0) is 50.6. The van der Waals surface area contributed by atoms with Crippen LogP contribution in [0.15, 0.2) is 280 Å². The largest absolute Gasteiger partial charge is 3.00 e. The minimum absolute atomic E-state index is 0. The van der Waals surface area contributed by atoms with Crippen molar-refractivity contribution in [2.75, 3.05) is 0 Å². The summed E-state index contributed by atoms with van der Waals surface area (Å²) in [5.74, 6) is 0. The Hall–Kier alpha value is -9.58. The Morgan fingerprint density at radius 1 is 0.273 bits per heavy atom. The number of rotatable bonds is 12. The van der Waals surface area contributed by atoms with Crippen LogP contribution in [-0.2, 0) is 20.1 Å². The molecule has 13 rings (SSSR count). The Balaban J connectivity index is 0.00000596. The van der Waals surface area contributed by atoms with Crippen molar-refractivity contribution in [1.29, 1.82) is 0 Å². The maximum absolute atomic E-state index is 5.18. The third-order valence-electron chi connectivity index (χ3n) is 14.0. The Labute approximate surface area is 462 Å². The van der Waals surface area contributed by atoms with E-state index in [4.69, 9.17) is 15.2 Å². The predicted molar refractivity (Wildman–Crippen MR) is 309 cm³/mol. The summed E-state index contributed by atoms with van der Waals surface area (Å²) in [6, 6.07) is 97.4. The molecule has 0 radical (unpaired) electrons. The van der Waals surface area contributed by atoms with Crippen molar-refractivity contribution in [3.63, 3.8) is 0 Å². The Bertz CT molecular complexity index is 4010. The molecule has 0 aliphatic heterocycles. The van der Waals surface area contributed by atoms with Gasteiger partial charge in [-0.3, -0.25) is 9.36 Å². The quantitative estimate of drug-likeness (QED) is 0.115. The van der Waals surface area contributed by atoms with E-state index in [1.54, 1.807) is 0 Å². The molecule has 0 N–H and O–H groups in total.